The molecule has 1 atom stereocenters. The lowest BCUT2D eigenvalue weighted by molar-refractivity contribution is -0.118. The normalized spacial score (nSPS) is 19.5. The fraction of sp³-hybridized carbons (Fsp3) is 0.300. The van der Waals surface area contributed by atoms with E-state index in [-0.39, 0.29) is 11.9 Å². The Bertz CT molecular complexity index is 352. The van der Waals surface area contributed by atoms with E-state index in [2.05, 4.69) is 10.6 Å². The molecule has 0 fully saturated rings. The van der Waals surface area contributed by atoms with Crippen LogP contribution in [0.15, 0.2) is 24.3 Å². The lowest BCUT2D eigenvalue weighted by atomic mass is 10.1. The molecule has 1 aromatic rings. The smallest absolute Gasteiger partial charge is 0.249 e. The Morgan fingerprint density at radius 2 is 2.07 bits per heavy atom. The summed E-state index contributed by atoms with van der Waals surface area (Å²) in [6.45, 7) is 0.375. The van der Waals surface area contributed by atoms with Crippen molar-refractivity contribution < 1.29 is 9.53 Å². The Hall–Kier alpha value is -1.55. The monoisotopic (exact) mass is 192 g/mol. The molecule has 1 unspecified atom stereocenters. The minimum absolute atomic E-state index is 0.0504. The second kappa shape index (κ2) is 3.67. The van der Waals surface area contributed by atoms with Crippen LogP contribution in [0.1, 0.15) is 0 Å². The molecule has 2 rings (SSSR count). The number of carbonyl (C=O) groups excluding carboxylic acids is 1. The van der Waals surface area contributed by atoms with Gasteiger partial charge in [-0.3, -0.25) is 4.79 Å². The minimum atomic E-state index is -0.296. The summed E-state index contributed by atoms with van der Waals surface area (Å²) >= 11 is 0. The van der Waals surface area contributed by atoms with Gasteiger partial charge in [-0.15, -0.1) is 0 Å². The second-order valence-electron chi connectivity index (χ2n) is 3.19. The molecule has 0 aliphatic carbocycles. The zero-order valence-electron chi connectivity index (χ0n) is 7.91. The van der Waals surface area contributed by atoms with Crippen LogP contribution in [0.3, 0.4) is 0 Å². The van der Waals surface area contributed by atoms with Crippen LogP contribution in [0.2, 0.25) is 0 Å². The van der Waals surface area contributed by atoms with Gasteiger partial charge < -0.3 is 15.4 Å². The summed E-state index contributed by atoms with van der Waals surface area (Å²) in [5, 5.41) is 5.92. The van der Waals surface area contributed by atoms with Gasteiger partial charge in [-0.1, -0.05) is 12.1 Å². The number of para-hydroxylation sites is 2. The number of methoxy groups -OCH3 is 1. The molecule has 2 N–H and O–H groups in total. The lowest BCUT2D eigenvalue weighted by Crippen LogP contribution is -2.41. The predicted molar refractivity (Wildman–Crippen MR) is 54.4 cm³/mol. The standard InChI is InChI=1S/C10H12N2O2/c1-14-6-9-10(13)12-8-5-3-2-4-7(8)11-9/h2-5,9,11H,6H2,1H3,(H,12,13). The molecule has 1 aliphatic rings. The van der Waals surface area contributed by atoms with Gasteiger partial charge in [-0.05, 0) is 12.1 Å². The molecule has 4 nitrogen and oxygen atoms in total. The summed E-state index contributed by atoms with van der Waals surface area (Å²) in [6.07, 6.45) is 0. The highest BCUT2D eigenvalue weighted by Crippen LogP contribution is 2.25. The number of hydrogen-bond donors (Lipinski definition) is 2. The molecule has 0 radical (unpaired) electrons. The average Bonchev–Trinajstić information content (AvgIpc) is 2.19. The van der Waals surface area contributed by atoms with E-state index in [4.69, 9.17) is 4.74 Å². The lowest BCUT2D eigenvalue weighted by Gasteiger charge is -2.25. The van der Waals surface area contributed by atoms with Gasteiger partial charge in [0.05, 0.1) is 18.0 Å². The van der Waals surface area contributed by atoms with Crippen molar-refractivity contribution in [1.29, 1.82) is 0 Å². The van der Waals surface area contributed by atoms with Crippen molar-refractivity contribution in [2.45, 2.75) is 6.04 Å². The molecule has 74 valence electrons. The van der Waals surface area contributed by atoms with E-state index in [0.29, 0.717) is 6.61 Å². The Balaban J connectivity index is 2.22. The number of ether oxygens (including phenoxy) is 1. The largest absolute Gasteiger partial charge is 0.382 e. The van der Waals surface area contributed by atoms with Crippen LogP contribution < -0.4 is 10.6 Å². The van der Waals surface area contributed by atoms with Gasteiger partial charge in [0.15, 0.2) is 0 Å². The summed E-state index contributed by atoms with van der Waals surface area (Å²) in [5.74, 6) is -0.0504. The molecule has 14 heavy (non-hydrogen) atoms. The third-order valence-corrected chi connectivity index (χ3v) is 2.16. The molecule has 0 saturated heterocycles. The zero-order chi connectivity index (χ0) is 9.97. The predicted octanol–water partition coefficient (Wildman–Crippen LogP) is 1.07. The molecule has 1 aliphatic heterocycles. The van der Waals surface area contributed by atoms with Gasteiger partial charge >= 0.3 is 0 Å². The van der Waals surface area contributed by atoms with Gasteiger partial charge in [-0.2, -0.15) is 0 Å². The number of rotatable bonds is 2. The molecule has 0 bridgehead atoms. The van der Waals surface area contributed by atoms with E-state index < -0.39 is 0 Å². The summed E-state index contributed by atoms with van der Waals surface area (Å²) in [4.78, 5) is 11.5. The first-order valence-corrected chi connectivity index (χ1v) is 4.46. The number of nitrogens with one attached hydrogen (secondary N) is 2. The van der Waals surface area contributed by atoms with Crippen molar-refractivity contribution in [3.8, 4) is 0 Å². The van der Waals surface area contributed by atoms with Gasteiger partial charge in [0.25, 0.3) is 0 Å². The fourth-order valence-corrected chi connectivity index (χ4v) is 1.48. The number of benzene rings is 1. The van der Waals surface area contributed by atoms with Crippen LogP contribution in [-0.2, 0) is 9.53 Å². The zero-order valence-corrected chi connectivity index (χ0v) is 7.91. The molecule has 1 aromatic carbocycles. The van der Waals surface area contributed by atoms with Gasteiger partial charge in [0.1, 0.15) is 6.04 Å². The molecule has 0 spiro atoms. The first kappa shape index (κ1) is 9.02. The Morgan fingerprint density at radius 3 is 2.79 bits per heavy atom. The van der Waals surface area contributed by atoms with E-state index in [1.807, 2.05) is 24.3 Å². The van der Waals surface area contributed by atoms with Crippen LogP contribution in [0.25, 0.3) is 0 Å². The first-order valence-electron chi connectivity index (χ1n) is 4.46. The number of hydrogen-bond acceptors (Lipinski definition) is 3. The van der Waals surface area contributed by atoms with Crippen LogP contribution in [0.5, 0.6) is 0 Å². The van der Waals surface area contributed by atoms with Crippen LogP contribution >= 0.6 is 0 Å². The molecule has 0 saturated carbocycles. The SMILES string of the molecule is COCC1Nc2ccccc2NC1=O. The minimum Gasteiger partial charge on any atom is -0.382 e. The molecule has 1 amide bonds. The maximum Gasteiger partial charge on any atom is 0.249 e. The first-order chi connectivity index (χ1) is 6.81. The number of carbonyl (C=O) groups is 1. The van der Waals surface area contributed by atoms with E-state index in [0.717, 1.165) is 11.4 Å². The molecule has 4 heteroatoms. The van der Waals surface area contributed by atoms with Crippen molar-refractivity contribution in [3.05, 3.63) is 24.3 Å². The van der Waals surface area contributed by atoms with Crippen molar-refractivity contribution in [2.24, 2.45) is 0 Å². The van der Waals surface area contributed by atoms with Crippen LogP contribution in [0, 0.1) is 0 Å². The van der Waals surface area contributed by atoms with E-state index >= 15 is 0 Å². The van der Waals surface area contributed by atoms with Gasteiger partial charge in [-0.25, -0.2) is 0 Å². The van der Waals surface area contributed by atoms with Gasteiger partial charge in [0.2, 0.25) is 5.91 Å². The highest BCUT2D eigenvalue weighted by Gasteiger charge is 2.24. The third kappa shape index (κ3) is 1.56. The maximum absolute atomic E-state index is 11.5. The second-order valence-corrected chi connectivity index (χ2v) is 3.19. The topological polar surface area (TPSA) is 50.4 Å². The maximum atomic E-state index is 11.5. The van der Waals surface area contributed by atoms with Crippen molar-refractivity contribution >= 4 is 17.3 Å². The van der Waals surface area contributed by atoms with E-state index in [9.17, 15) is 4.79 Å². The Labute approximate surface area is 82.3 Å². The van der Waals surface area contributed by atoms with E-state index in [1.54, 1.807) is 7.11 Å². The summed E-state index contributed by atoms with van der Waals surface area (Å²) in [7, 11) is 1.58. The highest BCUT2D eigenvalue weighted by molar-refractivity contribution is 6.02. The quantitative estimate of drug-likeness (QED) is 0.736. The number of anilines is 2. The summed E-state index contributed by atoms with van der Waals surface area (Å²) < 4.78 is 4.94. The van der Waals surface area contributed by atoms with Crippen molar-refractivity contribution in [2.75, 3.05) is 24.4 Å². The summed E-state index contributed by atoms with van der Waals surface area (Å²) in [6, 6.07) is 7.31. The Kier molecular flexibility index (Phi) is 2.37. The van der Waals surface area contributed by atoms with Gasteiger partial charge in [0, 0.05) is 7.11 Å². The van der Waals surface area contributed by atoms with Crippen molar-refractivity contribution in [3.63, 3.8) is 0 Å². The van der Waals surface area contributed by atoms with Crippen molar-refractivity contribution in [1.82, 2.24) is 0 Å². The summed E-state index contributed by atoms with van der Waals surface area (Å²) in [5.41, 5.74) is 1.76. The highest BCUT2D eigenvalue weighted by atomic mass is 16.5. The Morgan fingerprint density at radius 1 is 1.36 bits per heavy atom. The molecular formula is C10H12N2O2. The molecule has 0 aromatic heterocycles. The average molecular weight is 192 g/mol. The van der Waals surface area contributed by atoms with E-state index in [1.165, 1.54) is 0 Å². The van der Waals surface area contributed by atoms with Crippen LogP contribution in [0.4, 0.5) is 11.4 Å². The number of amides is 1. The van der Waals surface area contributed by atoms with Crippen LogP contribution in [-0.4, -0.2) is 25.7 Å². The third-order valence-electron chi connectivity index (χ3n) is 2.16. The molecule has 1 heterocycles. The number of fused-ring (bicyclic) bond motifs is 1. The fourth-order valence-electron chi connectivity index (χ4n) is 1.48. The molecular weight excluding hydrogens is 180 g/mol.